The summed E-state index contributed by atoms with van der Waals surface area (Å²) in [6, 6.07) is 14.5. The molecule has 6 nitrogen and oxygen atoms in total. The number of hydrogen-bond donors (Lipinski definition) is 1. The van der Waals surface area contributed by atoms with Gasteiger partial charge in [0, 0.05) is 16.8 Å². The first-order chi connectivity index (χ1) is 11.7. The van der Waals surface area contributed by atoms with Crippen LogP contribution in [0.2, 0.25) is 0 Å². The summed E-state index contributed by atoms with van der Waals surface area (Å²) in [4.78, 5) is 25.7. The van der Waals surface area contributed by atoms with Crippen molar-refractivity contribution in [1.82, 2.24) is 5.32 Å². The van der Waals surface area contributed by atoms with Crippen LogP contribution in [-0.4, -0.2) is 31.8 Å². The zero-order valence-electron chi connectivity index (χ0n) is 12.9. The number of nitrogens with one attached hydrogen (secondary N) is 1. The number of anilines is 1. The number of benzene rings is 2. The second-order valence-corrected chi connectivity index (χ2v) is 5.69. The first kappa shape index (κ1) is 14.6. The largest absolute Gasteiger partial charge is 0.491 e. The van der Waals surface area contributed by atoms with Gasteiger partial charge in [-0.05, 0) is 24.3 Å². The summed E-state index contributed by atoms with van der Waals surface area (Å²) >= 11 is 0. The Labute approximate surface area is 139 Å². The summed E-state index contributed by atoms with van der Waals surface area (Å²) in [5.74, 6) is 0.603. The van der Waals surface area contributed by atoms with Crippen LogP contribution in [0.1, 0.15) is 22.0 Å². The van der Waals surface area contributed by atoms with Gasteiger partial charge in [-0.1, -0.05) is 24.3 Å². The van der Waals surface area contributed by atoms with Crippen molar-refractivity contribution in [3.05, 3.63) is 59.7 Å². The number of carbonyl (C=O) groups excluding carboxylic acids is 2. The van der Waals surface area contributed by atoms with Gasteiger partial charge in [0.05, 0.1) is 12.6 Å². The molecule has 2 aromatic rings. The van der Waals surface area contributed by atoms with E-state index in [0.717, 1.165) is 11.3 Å². The fraction of sp³-hybridized carbons (Fsp3) is 0.222. The van der Waals surface area contributed by atoms with E-state index in [0.29, 0.717) is 31.0 Å². The molecule has 0 radical (unpaired) electrons. The Balaban J connectivity index is 1.52. The number of hydrogen-bond acceptors (Lipinski definition) is 4. The van der Waals surface area contributed by atoms with Gasteiger partial charge in [-0.25, -0.2) is 4.79 Å². The Kier molecular flexibility index (Phi) is 3.57. The Morgan fingerprint density at radius 3 is 2.83 bits per heavy atom. The van der Waals surface area contributed by atoms with Crippen molar-refractivity contribution in [3.8, 4) is 5.75 Å². The quantitative estimate of drug-likeness (QED) is 0.942. The fourth-order valence-electron chi connectivity index (χ4n) is 2.97. The normalized spacial score (nSPS) is 18.8. The summed E-state index contributed by atoms with van der Waals surface area (Å²) in [6.07, 6.45) is -0.384. The molecule has 2 heterocycles. The van der Waals surface area contributed by atoms with Crippen LogP contribution in [0.3, 0.4) is 0 Å². The minimum Gasteiger partial charge on any atom is -0.491 e. The van der Waals surface area contributed by atoms with E-state index in [2.05, 4.69) is 5.32 Å². The summed E-state index contributed by atoms with van der Waals surface area (Å²) in [7, 11) is 0. The standard InChI is InChI=1S/C18H16N2O4/c21-17(19-15-11-24-16-7-2-1-6-14(15)16)12-4-3-5-13(10-12)20-8-9-23-18(20)22/h1-7,10,15H,8-9,11H2,(H,19,21). The van der Waals surface area contributed by atoms with Gasteiger partial charge in [0.15, 0.2) is 0 Å². The molecule has 1 fully saturated rings. The van der Waals surface area contributed by atoms with Crippen LogP contribution < -0.4 is 15.0 Å². The molecule has 24 heavy (non-hydrogen) atoms. The maximum absolute atomic E-state index is 12.6. The van der Waals surface area contributed by atoms with Crippen LogP contribution >= 0.6 is 0 Å². The molecule has 4 rings (SSSR count). The Morgan fingerprint density at radius 2 is 2.00 bits per heavy atom. The topological polar surface area (TPSA) is 67.9 Å². The van der Waals surface area contributed by atoms with E-state index in [9.17, 15) is 9.59 Å². The number of amides is 2. The van der Waals surface area contributed by atoms with E-state index in [-0.39, 0.29) is 18.0 Å². The van der Waals surface area contributed by atoms with Crippen LogP contribution in [0.5, 0.6) is 5.75 Å². The van der Waals surface area contributed by atoms with Gasteiger partial charge >= 0.3 is 6.09 Å². The van der Waals surface area contributed by atoms with E-state index in [1.165, 1.54) is 4.90 Å². The van der Waals surface area contributed by atoms with Crippen molar-refractivity contribution in [2.45, 2.75) is 6.04 Å². The van der Waals surface area contributed by atoms with Crippen LogP contribution in [0.25, 0.3) is 0 Å². The molecule has 122 valence electrons. The van der Waals surface area contributed by atoms with Crippen molar-refractivity contribution < 1.29 is 19.1 Å². The highest BCUT2D eigenvalue weighted by molar-refractivity contribution is 5.97. The number of fused-ring (bicyclic) bond motifs is 1. The predicted molar refractivity (Wildman–Crippen MR) is 87.3 cm³/mol. The summed E-state index contributed by atoms with van der Waals surface area (Å²) in [5, 5.41) is 2.98. The number of ether oxygens (including phenoxy) is 2. The third kappa shape index (κ3) is 2.56. The molecule has 1 saturated heterocycles. The molecule has 2 aromatic carbocycles. The molecule has 0 spiro atoms. The minimum absolute atomic E-state index is 0.172. The third-order valence-corrected chi connectivity index (χ3v) is 4.19. The van der Waals surface area contributed by atoms with Crippen LogP contribution in [0.4, 0.5) is 10.5 Å². The second kappa shape index (κ2) is 5.88. The summed E-state index contributed by atoms with van der Waals surface area (Å²) in [5.41, 5.74) is 2.13. The van der Waals surface area contributed by atoms with E-state index in [1.807, 2.05) is 24.3 Å². The summed E-state index contributed by atoms with van der Waals surface area (Å²) in [6.45, 7) is 1.28. The smallest absolute Gasteiger partial charge is 0.414 e. The highest BCUT2D eigenvalue weighted by Gasteiger charge is 2.27. The predicted octanol–water partition coefficient (Wildman–Crippen LogP) is 2.51. The Hall–Kier alpha value is -3.02. The molecule has 1 N–H and O–H groups in total. The molecular formula is C18H16N2O4. The maximum Gasteiger partial charge on any atom is 0.414 e. The molecule has 1 atom stereocenters. The lowest BCUT2D eigenvalue weighted by Crippen LogP contribution is -2.30. The van der Waals surface area contributed by atoms with Crippen molar-refractivity contribution >= 4 is 17.7 Å². The molecule has 2 amide bonds. The van der Waals surface area contributed by atoms with Crippen molar-refractivity contribution in [2.24, 2.45) is 0 Å². The molecular weight excluding hydrogens is 308 g/mol. The lowest BCUT2D eigenvalue weighted by molar-refractivity contribution is 0.0930. The molecule has 0 saturated carbocycles. The van der Waals surface area contributed by atoms with E-state index in [1.54, 1.807) is 24.3 Å². The highest BCUT2D eigenvalue weighted by Crippen LogP contribution is 2.32. The number of para-hydroxylation sites is 1. The van der Waals surface area contributed by atoms with Gasteiger partial charge in [-0.2, -0.15) is 0 Å². The third-order valence-electron chi connectivity index (χ3n) is 4.19. The van der Waals surface area contributed by atoms with Gasteiger partial charge in [0.25, 0.3) is 5.91 Å². The Morgan fingerprint density at radius 1 is 1.12 bits per heavy atom. The van der Waals surface area contributed by atoms with E-state index in [4.69, 9.17) is 9.47 Å². The molecule has 1 unspecified atom stereocenters. The van der Waals surface area contributed by atoms with Crippen LogP contribution in [0, 0.1) is 0 Å². The van der Waals surface area contributed by atoms with Crippen molar-refractivity contribution in [1.29, 1.82) is 0 Å². The van der Waals surface area contributed by atoms with Crippen molar-refractivity contribution in [2.75, 3.05) is 24.7 Å². The number of nitrogens with zero attached hydrogens (tertiary/aromatic N) is 1. The molecule has 0 bridgehead atoms. The average molecular weight is 324 g/mol. The molecule has 2 aliphatic rings. The second-order valence-electron chi connectivity index (χ2n) is 5.69. The SMILES string of the molecule is O=C(NC1COc2ccccc21)c1cccc(N2CCOC2=O)c1. The first-order valence-electron chi connectivity index (χ1n) is 7.79. The monoisotopic (exact) mass is 324 g/mol. The maximum atomic E-state index is 12.6. The van der Waals surface area contributed by atoms with Crippen LogP contribution in [0.15, 0.2) is 48.5 Å². The van der Waals surface area contributed by atoms with E-state index >= 15 is 0 Å². The molecule has 0 aliphatic carbocycles. The molecule has 0 aromatic heterocycles. The van der Waals surface area contributed by atoms with Crippen molar-refractivity contribution in [3.63, 3.8) is 0 Å². The number of cyclic esters (lactones) is 1. The Bertz CT molecular complexity index is 805. The number of carbonyl (C=O) groups is 2. The fourth-order valence-corrected chi connectivity index (χ4v) is 2.97. The van der Waals surface area contributed by atoms with Gasteiger partial charge < -0.3 is 14.8 Å². The van der Waals surface area contributed by atoms with E-state index < -0.39 is 0 Å². The lowest BCUT2D eigenvalue weighted by Gasteiger charge is -2.15. The zero-order chi connectivity index (χ0) is 16.5. The molecule has 6 heteroatoms. The van der Waals surface area contributed by atoms with Crippen LogP contribution in [-0.2, 0) is 4.74 Å². The lowest BCUT2D eigenvalue weighted by atomic mass is 10.1. The highest BCUT2D eigenvalue weighted by atomic mass is 16.6. The molecule has 2 aliphatic heterocycles. The van der Waals surface area contributed by atoms with Gasteiger partial charge in [-0.15, -0.1) is 0 Å². The van der Waals surface area contributed by atoms with Gasteiger partial charge in [0.2, 0.25) is 0 Å². The van der Waals surface area contributed by atoms with Gasteiger partial charge in [-0.3, -0.25) is 9.69 Å². The van der Waals surface area contributed by atoms with Gasteiger partial charge in [0.1, 0.15) is 19.0 Å². The average Bonchev–Trinajstić information content (AvgIpc) is 3.22. The number of rotatable bonds is 3. The first-order valence-corrected chi connectivity index (χ1v) is 7.79. The summed E-state index contributed by atoms with van der Waals surface area (Å²) < 4.78 is 10.5. The minimum atomic E-state index is -0.384. The zero-order valence-corrected chi connectivity index (χ0v) is 12.9.